The number of hydrogen-bond donors (Lipinski definition) is 0. The van der Waals surface area contributed by atoms with E-state index < -0.39 is 5.82 Å². The van der Waals surface area contributed by atoms with Crippen molar-refractivity contribution < 1.29 is 23.4 Å². The molecule has 7 heteroatoms. The van der Waals surface area contributed by atoms with Crippen LogP contribution in [0.3, 0.4) is 0 Å². The van der Waals surface area contributed by atoms with Gasteiger partial charge in [-0.3, -0.25) is 9.78 Å². The van der Waals surface area contributed by atoms with E-state index in [9.17, 15) is 9.18 Å². The molecule has 1 aromatic heterocycles. The summed E-state index contributed by atoms with van der Waals surface area (Å²) in [5, 5.41) is 0.652. The minimum absolute atomic E-state index is 0.0398. The average Bonchev–Trinajstić information content (AvgIpc) is 2.67. The van der Waals surface area contributed by atoms with Gasteiger partial charge in [0.2, 0.25) is 5.91 Å². The van der Waals surface area contributed by atoms with Crippen LogP contribution in [0, 0.1) is 5.82 Å². The van der Waals surface area contributed by atoms with Crippen molar-refractivity contribution in [3.8, 4) is 23.0 Å². The van der Waals surface area contributed by atoms with Crippen molar-refractivity contribution in [3.05, 3.63) is 48.4 Å². The number of methoxy groups -OCH3 is 2. The van der Waals surface area contributed by atoms with Gasteiger partial charge >= 0.3 is 0 Å². The smallest absolute Gasteiger partial charge is 0.223 e. The fourth-order valence-corrected chi connectivity index (χ4v) is 2.62. The molecule has 0 atom stereocenters. The first-order chi connectivity index (χ1) is 12.9. The Morgan fingerprint density at radius 1 is 1.00 bits per heavy atom. The zero-order chi connectivity index (χ0) is 19.6. The van der Waals surface area contributed by atoms with E-state index in [1.54, 1.807) is 44.6 Å². The first kappa shape index (κ1) is 18.4. The predicted octanol–water partition coefficient (Wildman–Crippen LogP) is 4.17. The van der Waals surface area contributed by atoms with Gasteiger partial charge in [-0.15, -0.1) is 0 Å². The molecule has 1 amide bonds. The highest BCUT2D eigenvalue weighted by Crippen LogP contribution is 2.37. The van der Waals surface area contributed by atoms with Gasteiger partial charge in [0, 0.05) is 43.4 Å². The van der Waals surface area contributed by atoms with Crippen LogP contribution in [-0.2, 0) is 4.79 Å². The van der Waals surface area contributed by atoms with E-state index in [0.29, 0.717) is 33.8 Å². The second kappa shape index (κ2) is 7.49. The van der Waals surface area contributed by atoms with E-state index >= 15 is 0 Å². The molecule has 0 aliphatic heterocycles. The number of fused-ring (bicyclic) bond motifs is 1. The highest BCUT2D eigenvalue weighted by molar-refractivity contribution is 5.91. The maximum atomic E-state index is 14.5. The average molecular weight is 370 g/mol. The van der Waals surface area contributed by atoms with Crippen LogP contribution in [0.4, 0.5) is 10.1 Å². The molecule has 140 valence electrons. The molecular formula is C20H19FN2O4. The van der Waals surface area contributed by atoms with Crippen molar-refractivity contribution >= 4 is 22.5 Å². The highest BCUT2D eigenvalue weighted by atomic mass is 19.1. The number of anilines is 1. The van der Waals surface area contributed by atoms with Crippen LogP contribution in [0.2, 0.25) is 0 Å². The second-order valence-electron chi connectivity index (χ2n) is 5.83. The first-order valence-corrected chi connectivity index (χ1v) is 8.17. The molecule has 0 fully saturated rings. The summed E-state index contributed by atoms with van der Waals surface area (Å²) in [7, 11) is 4.65. The van der Waals surface area contributed by atoms with Crippen molar-refractivity contribution in [2.24, 2.45) is 0 Å². The van der Waals surface area contributed by atoms with Crippen molar-refractivity contribution in [2.45, 2.75) is 6.92 Å². The molecule has 0 aliphatic rings. The number of rotatable bonds is 5. The SMILES string of the molecule is COc1cc2nccc(Oc3ccc(N(C)C(C)=O)cc3F)c2cc1OC. The zero-order valence-corrected chi connectivity index (χ0v) is 15.4. The Bertz CT molecular complexity index is 1010. The van der Waals surface area contributed by atoms with Crippen molar-refractivity contribution in [2.75, 3.05) is 26.2 Å². The lowest BCUT2D eigenvalue weighted by Crippen LogP contribution is -2.22. The standard InChI is InChI=1S/C20H19FN2O4/c1-12(24)23(2)13-5-6-18(15(21)9-13)27-17-7-8-22-16-11-20(26-4)19(25-3)10-14(16)17/h5-11H,1-4H3. The van der Waals surface area contributed by atoms with Gasteiger partial charge in [0.1, 0.15) is 5.75 Å². The summed E-state index contributed by atoms with van der Waals surface area (Å²) in [5.74, 6) is 0.750. The monoisotopic (exact) mass is 370 g/mol. The Labute approximate surface area is 156 Å². The number of carbonyl (C=O) groups excluding carboxylic acids is 1. The summed E-state index contributed by atoms with van der Waals surface area (Å²) in [6.07, 6.45) is 1.57. The van der Waals surface area contributed by atoms with E-state index in [-0.39, 0.29) is 11.7 Å². The molecule has 3 rings (SSSR count). The highest BCUT2D eigenvalue weighted by Gasteiger charge is 2.14. The number of hydrogen-bond acceptors (Lipinski definition) is 5. The summed E-state index contributed by atoms with van der Waals surface area (Å²) in [6.45, 7) is 1.41. The van der Waals surface area contributed by atoms with Gasteiger partial charge in [-0.05, 0) is 24.3 Å². The predicted molar refractivity (Wildman–Crippen MR) is 100 cm³/mol. The lowest BCUT2D eigenvalue weighted by molar-refractivity contribution is -0.116. The molecule has 3 aromatic rings. The molecule has 1 heterocycles. The summed E-state index contributed by atoms with van der Waals surface area (Å²) >= 11 is 0. The number of carbonyl (C=O) groups is 1. The van der Waals surface area contributed by atoms with Gasteiger partial charge in [-0.1, -0.05) is 0 Å². The molecule has 0 N–H and O–H groups in total. The molecule has 0 aliphatic carbocycles. The van der Waals surface area contributed by atoms with Crippen LogP contribution >= 0.6 is 0 Å². The lowest BCUT2D eigenvalue weighted by Gasteiger charge is -2.16. The van der Waals surface area contributed by atoms with Crippen LogP contribution in [0.25, 0.3) is 10.9 Å². The maximum absolute atomic E-state index is 14.5. The van der Waals surface area contributed by atoms with Gasteiger partial charge in [0.25, 0.3) is 0 Å². The van der Waals surface area contributed by atoms with E-state index in [4.69, 9.17) is 14.2 Å². The summed E-state index contributed by atoms with van der Waals surface area (Å²) < 4.78 is 30.9. The third-order valence-corrected chi connectivity index (χ3v) is 4.20. The van der Waals surface area contributed by atoms with Gasteiger partial charge in [0.05, 0.1) is 19.7 Å². The second-order valence-corrected chi connectivity index (χ2v) is 5.83. The summed E-state index contributed by atoms with van der Waals surface area (Å²) in [5.41, 5.74) is 1.07. The van der Waals surface area contributed by atoms with Crippen LogP contribution in [0.1, 0.15) is 6.92 Å². The van der Waals surface area contributed by atoms with Crippen molar-refractivity contribution in [3.63, 3.8) is 0 Å². The molecule has 27 heavy (non-hydrogen) atoms. The number of amides is 1. The number of benzene rings is 2. The zero-order valence-electron chi connectivity index (χ0n) is 15.4. The quantitative estimate of drug-likeness (QED) is 0.675. The summed E-state index contributed by atoms with van der Waals surface area (Å²) in [6, 6.07) is 9.45. The van der Waals surface area contributed by atoms with Crippen LogP contribution in [0.15, 0.2) is 42.6 Å². The third kappa shape index (κ3) is 3.62. The molecule has 6 nitrogen and oxygen atoms in total. The maximum Gasteiger partial charge on any atom is 0.223 e. The number of pyridine rings is 1. The molecule has 0 bridgehead atoms. The Balaban J connectivity index is 2.00. The molecule has 0 radical (unpaired) electrons. The van der Waals surface area contributed by atoms with Crippen molar-refractivity contribution in [1.82, 2.24) is 4.98 Å². The minimum Gasteiger partial charge on any atom is -0.493 e. The van der Waals surface area contributed by atoms with Gasteiger partial charge in [-0.25, -0.2) is 4.39 Å². The number of nitrogens with zero attached hydrogens (tertiary/aromatic N) is 2. The largest absolute Gasteiger partial charge is 0.493 e. The molecular weight excluding hydrogens is 351 g/mol. The molecule has 0 saturated heterocycles. The first-order valence-electron chi connectivity index (χ1n) is 8.17. The fraction of sp³-hybridized carbons (Fsp3) is 0.200. The number of aromatic nitrogens is 1. The Hall–Kier alpha value is -3.35. The van der Waals surface area contributed by atoms with Crippen LogP contribution in [0.5, 0.6) is 23.0 Å². The van der Waals surface area contributed by atoms with E-state index in [1.807, 2.05) is 0 Å². The minimum atomic E-state index is -0.578. The van der Waals surface area contributed by atoms with E-state index in [0.717, 1.165) is 0 Å². The third-order valence-electron chi connectivity index (χ3n) is 4.20. The van der Waals surface area contributed by atoms with E-state index in [2.05, 4.69) is 4.98 Å². The molecule has 2 aromatic carbocycles. The molecule has 0 saturated carbocycles. The normalized spacial score (nSPS) is 10.6. The fourth-order valence-electron chi connectivity index (χ4n) is 2.62. The van der Waals surface area contributed by atoms with Gasteiger partial charge < -0.3 is 19.1 Å². The van der Waals surface area contributed by atoms with E-state index in [1.165, 1.54) is 31.1 Å². The molecule has 0 spiro atoms. The Kier molecular flexibility index (Phi) is 5.12. The Morgan fingerprint density at radius 2 is 1.70 bits per heavy atom. The van der Waals surface area contributed by atoms with Crippen molar-refractivity contribution in [1.29, 1.82) is 0 Å². The van der Waals surface area contributed by atoms with Gasteiger partial charge in [-0.2, -0.15) is 0 Å². The van der Waals surface area contributed by atoms with Crippen LogP contribution < -0.4 is 19.1 Å². The number of ether oxygens (including phenoxy) is 3. The molecule has 0 unspecified atom stereocenters. The topological polar surface area (TPSA) is 60.9 Å². The Morgan fingerprint density at radius 3 is 2.33 bits per heavy atom. The number of halogens is 1. The lowest BCUT2D eigenvalue weighted by atomic mass is 10.1. The van der Waals surface area contributed by atoms with Gasteiger partial charge in [0.15, 0.2) is 23.1 Å². The van der Waals surface area contributed by atoms with Crippen LogP contribution in [-0.4, -0.2) is 32.2 Å². The summed E-state index contributed by atoms with van der Waals surface area (Å²) in [4.78, 5) is 17.1.